The maximum absolute atomic E-state index is 12.9. The van der Waals surface area contributed by atoms with Crippen LogP contribution in [-0.2, 0) is 14.3 Å². The van der Waals surface area contributed by atoms with Gasteiger partial charge in [-0.05, 0) is 13.0 Å². The summed E-state index contributed by atoms with van der Waals surface area (Å²) in [6.07, 6.45) is 0. The number of Topliss-reactive ketones (excluding diaryl/α,β-unsaturated/α-hetero) is 1. The van der Waals surface area contributed by atoms with Crippen molar-refractivity contribution in [3.63, 3.8) is 0 Å². The minimum Gasteiger partial charge on any atom is -0.507 e. The van der Waals surface area contributed by atoms with Gasteiger partial charge >= 0.3 is 0 Å². The summed E-state index contributed by atoms with van der Waals surface area (Å²) in [4.78, 5) is 27.1. The van der Waals surface area contributed by atoms with Gasteiger partial charge in [-0.3, -0.25) is 9.59 Å². The first-order valence-electron chi connectivity index (χ1n) is 9.66. The summed E-state index contributed by atoms with van der Waals surface area (Å²) in [5.74, 6) is -1.21. The lowest BCUT2D eigenvalue weighted by atomic mass is 9.94. The Bertz CT molecular complexity index is 950. The summed E-state index contributed by atoms with van der Waals surface area (Å²) in [5, 5.41) is 19.9. The number of aliphatic hydroxyl groups is 2. The third-order valence-corrected chi connectivity index (χ3v) is 5.01. The number of hydrogen-bond acceptors (Lipinski definition) is 6. The number of hydrogen-bond donors (Lipinski definition) is 2. The van der Waals surface area contributed by atoms with E-state index in [1.165, 1.54) is 12.0 Å². The highest BCUT2D eigenvalue weighted by molar-refractivity contribution is 6.46. The van der Waals surface area contributed by atoms with Gasteiger partial charge in [-0.15, -0.1) is 0 Å². The lowest BCUT2D eigenvalue weighted by Gasteiger charge is -2.26. The topological polar surface area (TPSA) is 96.3 Å². The average Bonchev–Trinajstić information content (AvgIpc) is 3.01. The van der Waals surface area contributed by atoms with Crippen molar-refractivity contribution in [2.45, 2.75) is 13.0 Å². The van der Waals surface area contributed by atoms with Crippen molar-refractivity contribution in [1.82, 2.24) is 4.90 Å². The Balaban J connectivity index is 2.11. The summed E-state index contributed by atoms with van der Waals surface area (Å²) in [6.45, 7) is 2.18. The van der Waals surface area contributed by atoms with Crippen molar-refractivity contribution in [2.24, 2.45) is 0 Å². The molecule has 2 N–H and O–H groups in total. The molecule has 1 aliphatic rings. The number of amides is 1. The van der Waals surface area contributed by atoms with Gasteiger partial charge in [0, 0.05) is 17.7 Å². The van der Waals surface area contributed by atoms with E-state index in [1.54, 1.807) is 36.4 Å². The summed E-state index contributed by atoms with van der Waals surface area (Å²) >= 11 is 0. The zero-order chi connectivity index (χ0) is 21.7. The fraction of sp³-hybridized carbons (Fsp3) is 0.304. The van der Waals surface area contributed by atoms with E-state index < -0.39 is 17.7 Å². The standard InChI is InChI=1S/C23H25NO6/c1-15-7-9-16(10-8-15)21(26)19-20(17-5-3-4-6-18(17)29-2)24(23(28)22(19)27)11-13-30-14-12-25/h3-10,20,25-26H,11-14H2,1-2H3/b21-19+. The van der Waals surface area contributed by atoms with Crippen molar-refractivity contribution in [3.05, 3.63) is 70.8 Å². The van der Waals surface area contributed by atoms with E-state index in [-0.39, 0.29) is 37.7 Å². The minimum absolute atomic E-state index is 0.00973. The van der Waals surface area contributed by atoms with Gasteiger partial charge in [0.05, 0.1) is 38.5 Å². The molecule has 1 saturated heterocycles. The third kappa shape index (κ3) is 4.22. The van der Waals surface area contributed by atoms with E-state index >= 15 is 0 Å². The molecular weight excluding hydrogens is 386 g/mol. The average molecular weight is 411 g/mol. The molecule has 0 saturated carbocycles. The summed E-state index contributed by atoms with van der Waals surface area (Å²) < 4.78 is 10.7. The number of aliphatic hydroxyl groups excluding tert-OH is 2. The molecule has 2 aromatic carbocycles. The van der Waals surface area contributed by atoms with Crippen LogP contribution in [0, 0.1) is 6.92 Å². The molecule has 3 rings (SSSR count). The van der Waals surface area contributed by atoms with Crippen LogP contribution in [0.3, 0.4) is 0 Å². The van der Waals surface area contributed by atoms with Gasteiger partial charge in [0.1, 0.15) is 11.5 Å². The van der Waals surface area contributed by atoms with Crippen molar-refractivity contribution < 1.29 is 29.3 Å². The number of ether oxygens (including phenoxy) is 2. The van der Waals surface area contributed by atoms with E-state index in [4.69, 9.17) is 14.6 Å². The number of carbonyl (C=O) groups excluding carboxylic acids is 2. The normalized spacial score (nSPS) is 18.1. The number of aryl methyl sites for hydroxylation is 1. The molecule has 158 valence electrons. The van der Waals surface area contributed by atoms with Crippen molar-refractivity contribution in [2.75, 3.05) is 33.5 Å². The van der Waals surface area contributed by atoms with Gasteiger partial charge in [-0.25, -0.2) is 0 Å². The molecule has 0 aliphatic carbocycles. The first-order chi connectivity index (χ1) is 14.5. The highest BCUT2D eigenvalue weighted by Gasteiger charge is 2.46. The van der Waals surface area contributed by atoms with Crippen LogP contribution < -0.4 is 4.74 Å². The number of likely N-dealkylation sites (tertiary alicyclic amines) is 1. The Morgan fingerprint density at radius 2 is 1.77 bits per heavy atom. The van der Waals surface area contributed by atoms with Gasteiger partial charge < -0.3 is 24.6 Å². The van der Waals surface area contributed by atoms with Gasteiger partial charge in [-0.1, -0.05) is 48.0 Å². The van der Waals surface area contributed by atoms with Gasteiger partial charge in [0.15, 0.2) is 0 Å². The smallest absolute Gasteiger partial charge is 0.295 e. The van der Waals surface area contributed by atoms with E-state index in [1.807, 2.05) is 19.1 Å². The molecule has 1 aliphatic heterocycles. The molecule has 7 heteroatoms. The molecule has 1 unspecified atom stereocenters. The number of benzene rings is 2. The van der Waals surface area contributed by atoms with Gasteiger partial charge in [0.2, 0.25) is 0 Å². The Morgan fingerprint density at radius 1 is 1.07 bits per heavy atom. The molecule has 30 heavy (non-hydrogen) atoms. The Hall–Kier alpha value is -3.16. The van der Waals surface area contributed by atoms with E-state index in [9.17, 15) is 14.7 Å². The second-order valence-electron chi connectivity index (χ2n) is 6.94. The number of ketones is 1. The van der Waals surface area contributed by atoms with Gasteiger partial charge in [0.25, 0.3) is 11.7 Å². The molecule has 1 fully saturated rings. The van der Waals surface area contributed by atoms with Crippen LogP contribution in [0.5, 0.6) is 5.75 Å². The van der Waals surface area contributed by atoms with Crippen LogP contribution >= 0.6 is 0 Å². The molecule has 1 heterocycles. The zero-order valence-corrected chi connectivity index (χ0v) is 17.0. The number of para-hydroxylation sites is 1. The maximum atomic E-state index is 12.9. The molecule has 1 atom stereocenters. The number of carbonyl (C=O) groups is 2. The Kier molecular flexibility index (Phi) is 6.87. The van der Waals surface area contributed by atoms with Crippen LogP contribution in [0.25, 0.3) is 5.76 Å². The van der Waals surface area contributed by atoms with Crippen molar-refractivity contribution in [1.29, 1.82) is 0 Å². The molecule has 1 amide bonds. The fourth-order valence-corrected chi connectivity index (χ4v) is 3.52. The van der Waals surface area contributed by atoms with E-state index in [2.05, 4.69) is 0 Å². The fourth-order valence-electron chi connectivity index (χ4n) is 3.52. The second-order valence-corrected chi connectivity index (χ2v) is 6.94. The SMILES string of the molecule is COc1ccccc1C1/C(=C(\O)c2ccc(C)cc2)C(=O)C(=O)N1CCOCCO. The number of methoxy groups -OCH3 is 1. The molecule has 0 spiro atoms. The molecule has 0 aromatic heterocycles. The lowest BCUT2D eigenvalue weighted by Crippen LogP contribution is -2.33. The van der Waals surface area contributed by atoms with Crippen molar-refractivity contribution >= 4 is 17.4 Å². The minimum atomic E-state index is -0.819. The predicted octanol–water partition coefficient (Wildman–Crippen LogP) is 2.43. The summed E-state index contributed by atoms with van der Waals surface area (Å²) in [6, 6.07) is 13.3. The third-order valence-electron chi connectivity index (χ3n) is 5.01. The largest absolute Gasteiger partial charge is 0.507 e. The number of rotatable bonds is 8. The summed E-state index contributed by atoms with van der Waals surface area (Å²) in [7, 11) is 1.51. The molecule has 2 aromatic rings. The molecular formula is C23H25NO6. The Morgan fingerprint density at radius 3 is 2.43 bits per heavy atom. The quantitative estimate of drug-likeness (QED) is 0.300. The lowest BCUT2D eigenvalue weighted by molar-refractivity contribution is -0.140. The molecule has 0 bridgehead atoms. The van der Waals surface area contributed by atoms with E-state index in [0.29, 0.717) is 16.9 Å². The maximum Gasteiger partial charge on any atom is 0.295 e. The summed E-state index contributed by atoms with van der Waals surface area (Å²) in [5.41, 5.74) is 2.06. The number of nitrogens with zero attached hydrogens (tertiary/aromatic N) is 1. The molecule has 7 nitrogen and oxygen atoms in total. The monoisotopic (exact) mass is 411 g/mol. The second kappa shape index (κ2) is 9.56. The highest BCUT2D eigenvalue weighted by Crippen LogP contribution is 2.42. The van der Waals surface area contributed by atoms with Crippen LogP contribution in [0.15, 0.2) is 54.1 Å². The highest BCUT2D eigenvalue weighted by atomic mass is 16.5. The zero-order valence-electron chi connectivity index (χ0n) is 17.0. The first-order valence-corrected chi connectivity index (χ1v) is 9.66. The first kappa shape index (κ1) is 21.5. The van der Waals surface area contributed by atoms with Crippen LogP contribution in [-0.4, -0.2) is 60.3 Å². The van der Waals surface area contributed by atoms with Crippen molar-refractivity contribution in [3.8, 4) is 5.75 Å². The van der Waals surface area contributed by atoms with E-state index in [0.717, 1.165) is 5.56 Å². The van der Waals surface area contributed by atoms with Crippen LogP contribution in [0.2, 0.25) is 0 Å². The molecule has 0 radical (unpaired) electrons. The Labute approximate surface area is 175 Å². The van der Waals surface area contributed by atoms with Gasteiger partial charge in [-0.2, -0.15) is 0 Å². The van der Waals surface area contributed by atoms with Crippen LogP contribution in [0.4, 0.5) is 0 Å². The van der Waals surface area contributed by atoms with Crippen LogP contribution in [0.1, 0.15) is 22.7 Å². The predicted molar refractivity (Wildman–Crippen MR) is 111 cm³/mol.